The van der Waals surface area contributed by atoms with Crippen molar-refractivity contribution in [1.29, 1.82) is 0 Å². The number of anilines is 1. The van der Waals surface area contributed by atoms with E-state index in [4.69, 9.17) is 4.74 Å². The van der Waals surface area contributed by atoms with Crippen molar-refractivity contribution in [3.05, 3.63) is 59.7 Å². The smallest absolute Gasteiger partial charge is 0.224 e. The molecule has 116 valence electrons. The third-order valence-corrected chi connectivity index (χ3v) is 3.54. The minimum absolute atomic E-state index is 0.0237. The summed E-state index contributed by atoms with van der Waals surface area (Å²) in [5.41, 5.74) is 3.18. The lowest BCUT2D eigenvalue weighted by molar-refractivity contribution is -0.116. The first-order valence-corrected chi connectivity index (χ1v) is 7.82. The average molecular weight is 297 g/mol. The van der Waals surface area contributed by atoms with Crippen LogP contribution in [0.3, 0.4) is 0 Å². The van der Waals surface area contributed by atoms with Crippen molar-refractivity contribution < 1.29 is 9.53 Å². The topological polar surface area (TPSA) is 38.3 Å². The molecule has 22 heavy (non-hydrogen) atoms. The molecule has 0 unspecified atom stereocenters. The van der Waals surface area contributed by atoms with Gasteiger partial charge in [0.05, 0.1) is 6.61 Å². The molecule has 2 aromatic carbocycles. The zero-order valence-electron chi connectivity index (χ0n) is 13.3. The van der Waals surface area contributed by atoms with Gasteiger partial charge in [0.1, 0.15) is 5.75 Å². The van der Waals surface area contributed by atoms with Crippen LogP contribution >= 0.6 is 0 Å². The van der Waals surface area contributed by atoms with E-state index < -0.39 is 0 Å². The second-order valence-electron chi connectivity index (χ2n) is 5.14. The van der Waals surface area contributed by atoms with Gasteiger partial charge in [-0.25, -0.2) is 0 Å². The van der Waals surface area contributed by atoms with Gasteiger partial charge in [0, 0.05) is 12.1 Å². The molecule has 0 heterocycles. The molecule has 2 rings (SSSR count). The maximum absolute atomic E-state index is 12.1. The zero-order chi connectivity index (χ0) is 15.8. The molecule has 0 saturated heterocycles. The number of carbonyl (C=O) groups is 1. The number of hydrogen-bond donors (Lipinski definition) is 1. The van der Waals surface area contributed by atoms with E-state index in [1.165, 1.54) is 5.56 Å². The van der Waals surface area contributed by atoms with Crippen LogP contribution < -0.4 is 10.1 Å². The van der Waals surface area contributed by atoms with E-state index in [0.717, 1.165) is 23.4 Å². The van der Waals surface area contributed by atoms with Crippen molar-refractivity contribution in [2.45, 2.75) is 33.1 Å². The Morgan fingerprint density at radius 2 is 1.77 bits per heavy atom. The van der Waals surface area contributed by atoms with Crippen LogP contribution in [0.1, 0.15) is 31.4 Å². The molecular formula is C19H23NO2. The molecule has 3 heteroatoms. The molecule has 0 aromatic heterocycles. The molecule has 0 atom stereocenters. The van der Waals surface area contributed by atoms with Gasteiger partial charge in [-0.05, 0) is 49.1 Å². The molecule has 0 spiro atoms. The highest BCUT2D eigenvalue weighted by Crippen LogP contribution is 2.20. The third-order valence-electron chi connectivity index (χ3n) is 3.54. The Balaban J connectivity index is 1.89. The van der Waals surface area contributed by atoms with Crippen molar-refractivity contribution in [2.24, 2.45) is 0 Å². The van der Waals surface area contributed by atoms with E-state index >= 15 is 0 Å². The Hall–Kier alpha value is -2.29. The minimum atomic E-state index is 0.0237. The van der Waals surface area contributed by atoms with E-state index in [2.05, 4.69) is 12.2 Å². The number of carbonyl (C=O) groups excluding carboxylic acids is 1. The van der Waals surface area contributed by atoms with Crippen molar-refractivity contribution in [2.75, 3.05) is 11.9 Å². The summed E-state index contributed by atoms with van der Waals surface area (Å²) in [5, 5.41) is 2.94. The number of amides is 1. The van der Waals surface area contributed by atoms with Crippen LogP contribution in [-0.2, 0) is 17.6 Å². The van der Waals surface area contributed by atoms with Gasteiger partial charge >= 0.3 is 0 Å². The van der Waals surface area contributed by atoms with E-state index in [-0.39, 0.29) is 5.91 Å². The lowest BCUT2D eigenvalue weighted by Gasteiger charge is -2.10. The minimum Gasteiger partial charge on any atom is -0.494 e. The highest BCUT2D eigenvalue weighted by molar-refractivity contribution is 5.90. The maximum Gasteiger partial charge on any atom is 0.224 e. The summed E-state index contributed by atoms with van der Waals surface area (Å²) in [6.45, 7) is 4.71. The second kappa shape index (κ2) is 8.23. The monoisotopic (exact) mass is 297 g/mol. The summed E-state index contributed by atoms with van der Waals surface area (Å²) in [7, 11) is 0. The molecular weight excluding hydrogens is 274 g/mol. The van der Waals surface area contributed by atoms with Crippen molar-refractivity contribution in [3.8, 4) is 5.75 Å². The summed E-state index contributed by atoms with van der Waals surface area (Å²) >= 11 is 0. The molecule has 0 saturated carbocycles. The Morgan fingerprint density at radius 1 is 1.05 bits per heavy atom. The third kappa shape index (κ3) is 4.62. The first-order valence-electron chi connectivity index (χ1n) is 7.82. The molecule has 3 nitrogen and oxygen atoms in total. The largest absolute Gasteiger partial charge is 0.494 e. The molecule has 0 aliphatic carbocycles. The zero-order valence-corrected chi connectivity index (χ0v) is 13.3. The fourth-order valence-electron chi connectivity index (χ4n) is 2.30. The number of aryl methyl sites for hydroxylation is 2. The van der Waals surface area contributed by atoms with Crippen molar-refractivity contribution >= 4 is 11.6 Å². The predicted molar refractivity (Wildman–Crippen MR) is 90.4 cm³/mol. The van der Waals surface area contributed by atoms with E-state index in [0.29, 0.717) is 19.4 Å². The van der Waals surface area contributed by atoms with E-state index in [1.54, 1.807) is 0 Å². The first-order chi connectivity index (χ1) is 10.7. The van der Waals surface area contributed by atoms with Crippen LogP contribution in [0.4, 0.5) is 5.69 Å². The standard InChI is InChI=1S/C19H23NO2/c1-3-15-9-12-17(13-10-15)20-19(21)14-11-16-7-5-6-8-18(16)22-4-2/h5-10,12-13H,3-4,11,14H2,1-2H3,(H,20,21). The van der Waals surface area contributed by atoms with Crippen LogP contribution in [-0.4, -0.2) is 12.5 Å². The molecule has 0 radical (unpaired) electrons. The van der Waals surface area contributed by atoms with Gasteiger partial charge in [0.25, 0.3) is 0 Å². The number of benzene rings is 2. The van der Waals surface area contributed by atoms with Gasteiger partial charge in [-0.3, -0.25) is 4.79 Å². The van der Waals surface area contributed by atoms with Gasteiger partial charge in [-0.1, -0.05) is 37.3 Å². The van der Waals surface area contributed by atoms with Crippen LogP contribution in [0.2, 0.25) is 0 Å². The molecule has 2 aromatic rings. The van der Waals surface area contributed by atoms with Gasteiger partial charge in [0.15, 0.2) is 0 Å². The van der Waals surface area contributed by atoms with Crippen molar-refractivity contribution in [3.63, 3.8) is 0 Å². The molecule has 0 fully saturated rings. The number of ether oxygens (including phenoxy) is 1. The van der Waals surface area contributed by atoms with Gasteiger partial charge in [-0.2, -0.15) is 0 Å². The Labute approximate surface area is 132 Å². The van der Waals surface area contributed by atoms with Crippen LogP contribution in [0.25, 0.3) is 0 Å². The van der Waals surface area contributed by atoms with Gasteiger partial charge in [-0.15, -0.1) is 0 Å². The summed E-state index contributed by atoms with van der Waals surface area (Å²) in [4.78, 5) is 12.1. The highest BCUT2D eigenvalue weighted by Gasteiger charge is 2.07. The molecule has 1 amide bonds. The van der Waals surface area contributed by atoms with Crippen molar-refractivity contribution in [1.82, 2.24) is 0 Å². The maximum atomic E-state index is 12.1. The Morgan fingerprint density at radius 3 is 2.45 bits per heavy atom. The highest BCUT2D eigenvalue weighted by atomic mass is 16.5. The predicted octanol–water partition coefficient (Wildman–Crippen LogP) is 4.22. The fourth-order valence-corrected chi connectivity index (χ4v) is 2.30. The van der Waals surface area contributed by atoms with E-state index in [1.807, 2.05) is 55.5 Å². The Kier molecular flexibility index (Phi) is 6.01. The van der Waals surface area contributed by atoms with Gasteiger partial charge < -0.3 is 10.1 Å². The normalized spacial score (nSPS) is 10.3. The quantitative estimate of drug-likeness (QED) is 0.831. The molecule has 0 bridgehead atoms. The van der Waals surface area contributed by atoms with Crippen LogP contribution in [0, 0.1) is 0 Å². The number of para-hydroxylation sites is 1. The van der Waals surface area contributed by atoms with Crippen LogP contribution in [0.5, 0.6) is 5.75 Å². The number of nitrogens with one attached hydrogen (secondary N) is 1. The number of rotatable bonds is 7. The summed E-state index contributed by atoms with van der Waals surface area (Å²) in [6, 6.07) is 15.9. The summed E-state index contributed by atoms with van der Waals surface area (Å²) in [6.07, 6.45) is 2.12. The second-order valence-corrected chi connectivity index (χ2v) is 5.14. The van der Waals surface area contributed by atoms with Crippen LogP contribution in [0.15, 0.2) is 48.5 Å². The Bertz CT molecular complexity index is 605. The first kappa shape index (κ1) is 16.1. The summed E-state index contributed by atoms with van der Waals surface area (Å²) < 4.78 is 5.58. The van der Waals surface area contributed by atoms with E-state index in [9.17, 15) is 4.79 Å². The number of hydrogen-bond acceptors (Lipinski definition) is 2. The lowest BCUT2D eigenvalue weighted by atomic mass is 10.1. The lowest BCUT2D eigenvalue weighted by Crippen LogP contribution is -2.12. The fraction of sp³-hybridized carbons (Fsp3) is 0.316. The molecule has 0 aliphatic heterocycles. The van der Waals surface area contributed by atoms with Gasteiger partial charge in [0.2, 0.25) is 5.91 Å². The molecule has 1 N–H and O–H groups in total. The summed E-state index contributed by atoms with van der Waals surface area (Å²) in [5.74, 6) is 0.889. The molecule has 0 aliphatic rings. The SMILES string of the molecule is CCOc1ccccc1CCC(=O)Nc1ccc(CC)cc1. The average Bonchev–Trinajstić information content (AvgIpc) is 2.55.